The van der Waals surface area contributed by atoms with Gasteiger partial charge >= 0.3 is 0 Å². The summed E-state index contributed by atoms with van der Waals surface area (Å²) < 4.78 is 1.99. The van der Waals surface area contributed by atoms with Gasteiger partial charge in [-0.25, -0.2) is 4.98 Å². The Labute approximate surface area is 115 Å². The fraction of sp³-hybridized carbons (Fsp3) is 0.800. The average Bonchev–Trinajstić information content (AvgIpc) is 2.84. The Balaban J connectivity index is 1.78. The highest BCUT2D eigenvalue weighted by Crippen LogP contribution is 2.30. The van der Waals surface area contributed by atoms with E-state index in [1.165, 1.54) is 25.1 Å². The summed E-state index contributed by atoms with van der Waals surface area (Å²) in [6.07, 6.45) is 7.18. The molecule has 0 aromatic carbocycles. The molecule has 3 rings (SSSR count). The van der Waals surface area contributed by atoms with E-state index in [2.05, 4.69) is 24.9 Å². The maximum atomic E-state index is 10.0. The molecule has 1 fully saturated rings. The number of fused-ring (bicyclic) bond motifs is 1. The summed E-state index contributed by atoms with van der Waals surface area (Å²) in [5, 5.41) is 10.0. The zero-order valence-corrected chi connectivity index (χ0v) is 12.0. The van der Waals surface area contributed by atoms with Gasteiger partial charge in [-0.05, 0) is 46.1 Å². The lowest BCUT2D eigenvalue weighted by Gasteiger charge is -2.34. The summed E-state index contributed by atoms with van der Waals surface area (Å²) in [6.45, 7) is 6.86. The van der Waals surface area contributed by atoms with Crippen molar-refractivity contribution in [2.24, 2.45) is 0 Å². The van der Waals surface area contributed by atoms with Gasteiger partial charge in [-0.1, -0.05) is 0 Å². The number of piperidine rings is 1. The molecular formula is C15H25N3O. The van der Waals surface area contributed by atoms with E-state index in [0.717, 1.165) is 31.6 Å². The molecule has 0 spiro atoms. The fourth-order valence-corrected chi connectivity index (χ4v) is 3.39. The second-order valence-electron chi connectivity index (χ2n) is 6.29. The number of aliphatic hydroxyl groups excluding tert-OH is 1. The van der Waals surface area contributed by atoms with Gasteiger partial charge < -0.3 is 14.6 Å². The van der Waals surface area contributed by atoms with Gasteiger partial charge in [-0.15, -0.1) is 0 Å². The minimum atomic E-state index is -0.352. The molecule has 2 unspecified atom stereocenters. The molecule has 0 bridgehead atoms. The standard InChI is InChI=1S/C15H25N3O/c1-11(2)17-8-4-5-12(9-17)13-10-18-14(16-13)6-3-7-15(18)19/h10-12,15,19H,3-9H2,1-2H3. The molecule has 2 atom stereocenters. The third-order valence-corrected chi connectivity index (χ3v) is 4.61. The molecule has 1 N–H and O–H groups in total. The van der Waals surface area contributed by atoms with Crippen LogP contribution in [-0.4, -0.2) is 38.7 Å². The summed E-state index contributed by atoms with van der Waals surface area (Å²) >= 11 is 0. The molecule has 1 saturated heterocycles. The number of likely N-dealkylation sites (tertiary alicyclic amines) is 1. The van der Waals surface area contributed by atoms with E-state index in [1.54, 1.807) is 0 Å². The van der Waals surface area contributed by atoms with Crippen molar-refractivity contribution in [2.45, 2.75) is 64.1 Å². The van der Waals surface area contributed by atoms with Crippen LogP contribution in [-0.2, 0) is 6.42 Å². The molecule has 2 aliphatic heterocycles. The van der Waals surface area contributed by atoms with Crippen molar-refractivity contribution in [1.29, 1.82) is 0 Å². The number of rotatable bonds is 2. The maximum absolute atomic E-state index is 10.0. The van der Waals surface area contributed by atoms with Crippen LogP contribution in [0, 0.1) is 0 Å². The van der Waals surface area contributed by atoms with Crippen LogP contribution in [0.15, 0.2) is 6.20 Å². The van der Waals surface area contributed by atoms with Crippen LogP contribution in [0.1, 0.15) is 63.2 Å². The van der Waals surface area contributed by atoms with Crippen molar-refractivity contribution in [3.63, 3.8) is 0 Å². The van der Waals surface area contributed by atoms with Crippen molar-refractivity contribution in [1.82, 2.24) is 14.5 Å². The van der Waals surface area contributed by atoms with Gasteiger partial charge in [0.05, 0.1) is 5.69 Å². The Morgan fingerprint density at radius 3 is 2.89 bits per heavy atom. The lowest BCUT2D eigenvalue weighted by molar-refractivity contribution is 0.0779. The SMILES string of the molecule is CC(C)N1CCCC(c2cn3c(n2)CCCC3O)C1. The highest BCUT2D eigenvalue weighted by molar-refractivity contribution is 5.13. The predicted molar refractivity (Wildman–Crippen MR) is 75.1 cm³/mol. The van der Waals surface area contributed by atoms with Crippen LogP contribution < -0.4 is 0 Å². The van der Waals surface area contributed by atoms with Gasteiger partial charge in [-0.3, -0.25) is 0 Å². The second-order valence-corrected chi connectivity index (χ2v) is 6.29. The molecule has 0 amide bonds. The molecule has 1 aromatic heterocycles. The van der Waals surface area contributed by atoms with Gasteiger partial charge in [0.15, 0.2) is 0 Å². The molecule has 2 aliphatic rings. The van der Waals surface area contributed by atoms with Gasteiger partial charge in [0.2, 0.25) is 0 Å². The summed E-state index contributed by atoms with van der Waals surface area (Å²) in [5.74, 6) is 1.62. The topological polar surface area (TPSA) is 41.3 Å². The van der Waals surface area contributed by atoms with Crippen LogP contribution in [0.25, 0.3) is 0 Å². The normalized spacial score (nSPS) is 28.6. The molecule has 3 heterocycles. The zero-order chi connectivity index (χ0) is 13.4. The van der Waals surface area contributed by atoms with Crippen LogP contribution in [0.5, 0.6) is 0 Å². The highest BCUT2D eigenvalue weighted by Gasteiger charge is 2.27. The average molecular weight is 263 g/mol. The number of hydrogen-bond donors (Lipinski definition) is 1. The third-order valence-electron chi connectivity index (χ3n) is 4.61. The number of imidazole rings is 1. The number of hydrogen-bond acceptors (Lipinski definition) is 3. The molecule has 106 valence electrons. The number of nitrogens with zero attached hydrogens (tertiary/aromatic N) is 3. The van der Waals surface area contributed by atoms with Crippen LogP contribution in [0.4, 0.5) is 0 Å². The van der Waals surface area contributed by atoms with E-state index in [0.29, 0.717) is 12.0 Å². The summed E-state index contributed by atoms with van der Waals surface area (Å²) in [5.41, 5.74) is 1.20. The second kappa shape index (κ2) is 5.25. The molecular weight excluding hydrogens is 238 g/mol. The van der Waals surface area contributed by atoms with Gasteiger partial charge in [0, 0.05) is 31.1 Å². The summed E-state index contributed by atoms with van der Waals surface area (Å²) in [7, 11) is 0. The minimum absolute atomic E-state index is 0.352. The Bertz CT molecular complexity index is 441. The molecule has 4 nitrogen and oxygen atoms in total. The lowest BCUT2D eigenvalue weighted by Crippen LogP contribution is -2.39. The third kappa shape index (κ3) is 2.56. The van der Waals surface area contributed by atoms with E-state index in [4.69, 9.17) is 4.98 Å². The Morgan fingerprint density at radius 1 is 1.32 bits per heavy atom. The van der Waals surface area contributed by atoms with Crippen molar-refractivity contribution in [3.8, 4) is 0 Å². The Morgan fingerprint density at radius 2 is 2.16 bits per heavy atom. The molecule has 19 heavy (non-hydrogen) atoms. The first-order valence-electron chi connectivity index (χ1n) is 7.65. The number of aromatic nitrogens is 2. The van der Waals surface area contributed by atoms with Gasteiger partial charge in [0.25, 0.3) is 0 Å². The van der Waals surface area contributed by atoms with Gasteiger partial charge in [-0.2, -0.15) is 0 Å². The maximum Gasteiger partial charge on any atom is 0.131 e. The van der Waals surface area contributed by atoms with Crippen LogP contribution >= 0.6 is 0 Å². The molecule has 0 radical (unpaired) electrons. The Kier molecular flexibility index (Phi) is 3.63. The zero-order valence-electron chi connectivity index (χ0n) is 12.0. The quantitative estimate of drug-likeness (QED) is 0.890. The van der Waals surface area contributed by atoms with Crippen molar-refractivity contribution in [2.75, 3.05) is 13.1 Å². The largest absolute Gasteiger partial charge is 0.373 e. The molecule has 4 heteroatoms. The van der Waals surface area contributed by atoms with Crippen molar-refractivity contribution < 1.29 is 5.11 Å². The molecule has 0 saturated carbocycles. The van der Waals surface area contributed by atoms with Crippen molar-refractivity contribution in [3.05, 3.63) is 17.7 Å². The Hall–Kier alpha value is -0.870. The first-order valence-corrected chi connectivity index (χ1v) is 7.65. The first kappa shape index (κ1) is 13.1. The van der Waals surface area contributed by atoms with Crippen LogP contribution in [0.2, 0.25) is 0 Å². The summed E-state index contributed by atoms with van der Waals surface area (Å²) in [4.78, 5) is 7.34. The van der Waals surface area contributed by atoms with E-state index >= 15 is 0 Å². The van der Waals surface area contributed by atoms with Crippen LogP contribution in [0.3, 0.4) is 0 Å². The monoisotopic (exact) mass is 263 g/mol. The number of aryl methyl sites for hydroxylation is 1. The van der Waals surface area contributed by atoms with Crippen molar-refractivity contribution >= 4 is 0 Å². The fourth-order valence-electron chi connectivity index (χ4n) is 3.39. The summed E-state index contributed by atoms with van der Waals surface area (Å²) in [6, 6.07) is 0.616. The minimum Gasteiger partial charge on any atom is -0.373 e. The molecule has 1 aromatic rings. The van der Waals surface area contributed by atoms with E-state index in [9.17, 15) is 5.11 Å². The first-order chi connectivity index (χ1) is 9.15. The van der Waals surface area contributed by atoms with E-state index < -0.39 is 0 Å². The van der Waals surface area contributed by atoms with Gasteiger partial charge in [0.1, 0.15) is 12.1 Å². The van der Waals surface area contributed by atoms with E-state index in [1.807, 2.05) is 4.57 Å². The smallest absolute Gasteiger partial charge is 0.131 e. The number of aliphatic hydroxyl groups is 1. The predicted octanol–water partition coefficient (Wildman–Crippen LogP) is 2.30. The lowest BCUT2D eigenvalue weighted by atomic mass is 9.94. The highest BCUT2D eigenvalue weighted by atomic mass is 16.3. The molecule has 0 aliphatic carbocycles. The van der Waals surface area contributed by atoms with E-state index in [-0.39, 0.29) is 6.23 Å².